The van der Waals surface area contributed by atoms with Gasteiger partial charge in [-0.05, 0) is 17.7 Å². The molecule has 0 spiro atoms. The smallest absolute Gasteiger partial charge is 0.352 e. The molecule has 1 fully saturated rings. The monoisotopic (exact) mass is 653 g/mol. The number of carbonyl (C=O) groups excluding carboxylic acids is 3. The van der Waals surface area contributed by atoms with Crippen LogP contribution in [0, 0.1) is 11.5 Å². The highest BCUT2D eigenvalue weighted by Crippen LogP contribution is 2.40. The van der Waals surface area contributed by atoms with Gasteiger partial charge in [0.25, 0.3) is 24.6 Å². The lowest BCUT2D eigenvalue weighted by Crippen LogP contribution is -2.71. The van der Waals surface area contributed by atoms with Gasteiger partial charge in [0, 0.05) is 58.5 Å². The third-order valence-corrected chi connectivity index (χ3v) is 8.39. The Balaban J connectivity index is 1.27. The fourth-order valence-electron chi connectivity index (χ4n) is 4.53. The Morgan fingerprint density at radius 1 is 1.36 bits per heavy atom. The van der Waals surface area contributed by atoms with E-state index in [1.165, 1.54) is 23.9 Å². The molecule has 2 aliphatic heterocycles. The number of H-pyrrole nitrogens is 1. The number of β-lactam (4-membered cyclic amide) rings is 1. The minimum Gasteiger partial charge on any atom is -0.477 e. The summed E-state index contributed by atoms with van der Waals surface area (Å²) in [5.41, 5.74) is 7.72. The average Bonchev–Trinajstić information content (AvgIpc) is 3.68. The second-order valence-electron chi connectivity index (χ2n) is 9.29. The molecule has 3 aromatic heterocycles. The number of nitrogen functional groups attached to an aromatic ring is 1. The van der Waals surface area contributed by atoms with Gasteiger partial charge >= 0.3 is 5.97 Å². The summed E-state index contributed by atoms with van der Waals surface area (Å²) in [6.07, 6.45) is 9.59. The van der Waals surface area contributed by atoms with E-state index in [2.05, 4.69) is 29.7 Å². The fraction of sp³-hybridized carbons (Fsp3) is 0.192. The van der Waals surface area contributed by atoms with Crippen LogP contribution < -0.4 is 20.9 Å². The number of fused-ring (bicyclic) bond motifs is 1. The van der Waals surface area contributed by atoms with Crippen LogP contribution in [0.5, 0.6) is 0 Å². The van der Waals surface area contributed by atoms with E-state index in [9.17, 15) is 28.7 Å². The van der Waals surface area contributed by atoms with E-state index in [1.807, 2.05) is 23.5 Å². The lowest BCUT2D eigenvalue weighted by Gasteiger charge is -2.49. The molecule has 0 aromatic carbocycles. The highest BCUT2D eigenvalue weighted by atomic mass is 32.2. The summed E-state index contributed by atoms with van der Waals surface area (Å²) in [6, 6.07) is 4.39. The van der Waals surface area contributed by atoms with Crippen molar-refractivity contribution in [3.05, 3.63) is 65.7 Å². The Morgan fingerprint density at radius 2 is 2.13 bits per heavy atom. The lowest BCUT2D eigenvalue weighted by molar-refractivity contribution is -0.689. The molecule has 2 atom stereocenters. The number of amides is 3. The number of rotatable bonds is 11. The Labute approximate surface area is 261 Å². The van der Waals surface area contributed by atoms with E-state index < -0.39 is 47.7 Å². The second kappa shape index (κ2) is 13.4. The van der Waals surface area contributed by atoms with Crippen LogP contribution in [0.1, 0.15) is 11.5 Å². The number of anilines is 1. The van der Waals surface area contributed by atoms with E-state index in [4.69, 9.17) is 11.0 Å². The highest BCUT2D eigenvalue weighted by Gasteiger charge is 2.55. The van der Waals surface area contributed by atoms with Crippen LogP contribution in [0.2, 0.25) is 0 Å². The average molecular weight is 654 g/mol. The molecule has 3 amide bonds. The van der Waals surface area contributed by atoms with Crippen LogP contribution in [0.4, 0.5) is 9.52 Å². The SMILES string of the molecule is N#CNC(=O)/C=C/c1cc(-c2cc[n+](CC3=C(C(=O)O)N4C(=O)C(NC(=O)/C(=N/OCF)c5nsc(N)n5)C4SC3)cc2)c[nH]1. The van der Waals surface area contributed by atoms with Gasteiger partial charge in [-0.1, -0.05) is 5.16 Å². The number of carboxylic acid groups (broad SMARTS) is 1. The molecule has 5 heterocycles. The summed E-state index contributed by atoms with van der Waals surface area (Å²) >= 11 is 2.06. The molecule has 1 saturated heterocycles. The zero-order valence-electron chi connectivity index (χ0n) is 22.8. The van der Waals surface area contributed by atoms with Gasteiger partial charge in [0.1, 0.15) is 17.1 Å². The van der Waals surface area contributed by atoms with Crippen molar-refractivity contribution >= 4 is 63.9 Å². The van der Waals surface area contributed by atoms with Crippen LogP contribution in [-0.2, 0) is 30.6 Å². The molecule has 6 N–H and O–H groups in total. The highest BCUT2D eigenvalue weighted by molar-refractivity contribution is 8.00. The Bertz CT molecular complexity index is 1800. The van der Waals surface area contributed by atoms with Crippen molar-refractivity contribution in [3.8, 4) is 17.3 Å². The number of aromatic nitrogens is 4. The first kappa shape index (κ1) is 30.8. The number of alkyl halides is 1. The van der Waals surface area contributed by atoms with Gasteiger partial charge in [-0.15, -0.1) is 11.8 Å². The number of nitriles is 1. The van der Waals surface area contributed by atoms with Gasteiger partial charge < -0.3 is 26.0 Å². The summed E-state index contributed by atoms with van der Waals surface area (Å²) in [4.78, 5) is 62.1. The Morgan fingerprint density at radius 3 is 2.80 bits per heavy atom. The number of nitrogens with zero attached hydrogens (tertiary/aromatic N) is 6. The molecule has 2 aliphatic rings. The number of pyridine rings is 1. The van der Waals surface area contributed by atoms with Crippen LogP contribution in [-0.4, -0.2) is 77.8 Å². The summed E-state index contributed by atoms with van der Waals surface area (Å²) in [5.74, 6) is -3.35. The molecule has 0 bridgehead atoms. The van der Waals surface area contributed by atoms with Crippen molar-refractivity contribution in [1.82, 2.24) is 29.9 Å². The first-order valence-corrected chi connectivity index (χ1v) is 14.6. The van der Waals surface area contributed by atoms with E-state index in [1.54, 1.807) is 29.4 Å². The van der Waals surface area contributed by atoms with Crippen LogP contribution in [0.3, 0.4) is 0 Å². The maximum absolute atomic E-state index is 13.1. The third kappa shape index (κ3) is 6.66. The standard InChI is InChI=1S/C26H21FN10O6S2/c27-11-43-34-18(21-33-26(29)45-35-21)22(39)32-19-23(40)37-20(25(41)42)15(10-44-24(19)37)9-36-5-3-13(4-6-36)14-7-16(30-8-14)1-2-17(38)31-12-28/h1-8,19,24H,9-11H2,(H5,29,31,32,33,35,38,39,41,42)/p+1/b2-1+,34-18+. The number of aromatic amines is 1. The predicted octanol–water partition coefficient (Wildman–Crippen LogP) is 0.0999. The van der Waals surface area contributed by atoms with Crippen molar-refractivity contribution in [1.29, 1.82) is 5.26 Å². The molecule has 0 radical (unpaired) electrons. The van der Waals surface area contributed by atoms with E-state index in [-0.39, 0.29) is 29.0 Å². The minimum atomic E-state index is -1.32. The largest absolute Gasteiger partial charge is 0.477 e. The number of hydrogen-bond acceptors (Lipinski definition) is 12. The van der Waals surface area contributed by atoms with Crippen molar-refractivity contribution < 1.29 is 38.1 Å². The van der Waals surface area contributed by atoms with Crippen LogP contribution in [0.15, 0.2) is 59.3 Å². The van der Waals surface area contributed by atoms with Crippen molar-refractivity contribution in [2.75, 3.05) is 18.3 Å². The molecule has 19 heteroatoms. The summed E-state index contributed by atoms with van der Waals surface area (Å²) in [5, 5.41) is 25.7. The maximum atomic E-state index is 13.1. The van der Waals surface area contributed by atoms with Gasteiger partial charge in [-0.25, -0.2) is 13.8 Å². The summed E-state index contributed by atoms with van der Waals surface area (Å²) < 4.78 is 18.2. The zero-order valence-corrected chi connectivity index (χ0v) is 24.5. The number of thioether (sulfide) groups is 1. The number of oxime groups is 1. The van der Waals surface area contributed by atoms with Gasteiger partial charge in [0.15, 0.2) is 30.3 Å². The van der Waals surface area contributed by atoms with Crippen LogP contribution >= 0.6 is 23.3 Å². The minimum absolute atomic E-state index is 0.0304. The van der Waals surface area contributed by atoms with Gasteiger partial charge in [0.05, 0.1) is 0 Å². The van der Waals surface area contributed by atoms with Gasteiger partial charge in [-0.3, -0.25) is 24.6 Å². The quantitative estimate of drug-likeness (QED) is 0.0354. The molecule has 5 rings (SSSR count). The summed E-state index contributed by atoms with van der Waals surface area (Å²) in [6.45, 7) is -1.13. The molecule has 2 unspecified atom stereocenters. The number of nitrogens with one attached hydrogen (secondary N) is 3. The van der Waals surface area contributed by atoms with E-state index in [0.29, 0.717) is 11.3 Å². The fourth-order valence-corrected chi connectivity index (χ4v) is 6.30. The predicted molar refractivity (Wildman–Crippen MR) is 157 cm³/mol. The van der Waals surface area contributed by atoms with Gasteiger partial charge in [-0.2, -0.15) is 14.6 Å². The molecule has 45 heavy (non-hydrogen) atoms. The van der Waals surface area contributed by atoms with Crippen molar-refractivity contribution in [2.45, 2.75) is 18.0 Å². The zero-order chi connectivity index (χ0) is 32.1. The van der Waals surface area contributed by atoms with Crippen molar-refractivity contribution in [2.24, 2.45) is 5.16 Å². The number of halogens is 1. The molecule has 0 saturated carbocycles. The first-order valence-electron chi connectivity index (χ1n) is 12.8. The topological polar surface area (TPSA) is 233 Å². The van der Waals surface area contributed by atoms with E-state index in [0.717, 1.165) is 27.6 Å². The second-order valence-corrected chi connectivity index (χ2v) is 11.2. The molecular weight excluding hydrogens is 631 g/mol. The maximum Gasteiger partial charge on any atom is 0.352 e. The molecule has 0 aliphatic carbocycles. The molecule has 16 nitrogen and oxygen atoms in total. The number of aliphatic carboxylic acids is 1. The third-order valence-electron chi connectivity index (χ3n) is 6.51. The van der Waals surface area contributed by atoms with Crippen molar-refractivity contribution in [3.63, 3.8) is 0 Å². The summed E-state index contributed by atoms with van der Waals surface area (Å²) in [7, 11) is 0. The van der Waals surface area contributed by atoms with Crippen LogP contribution in [0.25, 0.3) is 17.2 Å². The number of carbonyl (C=O) groups is 4. The molecule has 230 valence electrons. The number of carboxylic acids is 1. The van der Waals surface area contributed by atoms with Gasteiger partial charge in [0.2, 0.25) is 11.5 Å². The Kier molecular flexibility index (Phi) is 9.15. The number of nitrogens with two attached hydrogens (primary N) is 1. The molecule has 3 aromatic rings. The number of hydrogen-bond donors (Lipinski definition) is 5. The molecular formula is C26H22FN10O6S2+. The van der Waals surface area contributed by atoms with E-state index >= 15 is 0 Å². The lowest BCUT2D eigenvalue weighted by atomic mass is 10.0. The Hall–Kier alpha value is -5.61. The first-order chi connectivity index (χ1) is 21.7. The normalized spacial score (nSPS) is 17.8.